The predicted molar refractivity (Wildman–Crippen MR) is 78.3 cm³/mol. The number of aromatic nitrogens is 2. The first-order valence-corrected chi connectivity index (χ1v) is 7.27. The van der Waals surface area contributed by atoms with E-state index in [4.69, 9.17) is 0 Å². The summed E-state index contributed by atoms with van der Waals surface area (Å²) in [6.45, 7) is 6.20. The topological polar surface area (TPSA) is 70.2 Å². The number of rotatable bonds is 4. The molecular formula is C12H18BrN5O. The van der Waals surface area contributed by atoms with Gasteiger partial charge in [-0.2, -0.15) is 0 Å². The zero-order valence-corrected chi connectivity index (χ0v) is 12.7. The number of carbonyl (C=O) groups is 1. The first-order chi connectivity index (χ1) is 9.19. The second-order valence-electron chi connectivity index (χ2n) is 4.30. The van der Waals surface area contributed by atoms with E-state index in [0.717, 1.165) is 35.6 Å². The van der Waals surface area contributed by atoms with Gasteiger partial charge in [0.05, 0.1) is 0 Å². The summed E-state index contributed by atoms with van der Waals surface area (Å²) in [6, 6.07) is -0.172. The predicted octanol–water partition coefficient (Wildman–Crippen LogP) is 1.39. The van der Waals surface area contributed by atoms with E-state index >= 15 is 0 Å². The van der Waals surface area contributed by atoms with Crippen molar-refractivity contribution >= 4 is 33.5 Å². The molecule has 1 fully saturated rings. The maximum absolute atomic E-state index is 11.9. The molecule has 2 rings (SSSR count). The first kappa shape index (κ1) is 14.0. The van der Waals surface area contributed by atoms with E-state index in [1.54, 1.807) is 0 Å². The third-order valence-corrected chi connectivity index (χ3v) is 3.84. The molecule has 1 aliphatic rings. The van der Waals surface area contributed by atoms with E-state index in [0.29, 0.717) is 6.54 Å². The van der Waals surface area contributed by atoms with Gasteiger partial charge in [0.1, 0.15) is 28.5 Å². The number of hydrogen-bond donors (Lipinski definition) is 2. The highest BCUT2D eigenvalue weighted by Gasteiger charge is 2.30. The van der Waals surface area contributed by atoms with Crippen LogP contribution in [-0.2, 0) is 4.79 Å². The molecule has 1 aliphatic heterocycles. The minimum Gasteiger partial charge on any atom is -0.369 e. The summed E-state index contributed by atoms with van der Waals surface area (Å²) in [5, 5.41) is 6.06. The van der Waals surface area contributed by atoms with Crippen LogP contribution >= 0.6 is 15.9 Å². The molecule has 0 saturated carbocycles. The number of nitrogens with one attached hydrogen (secondary N) is 2. The van der Waals surface area contributed by atoms with Gasteiger partial charge < -0.3 is 15.5 Å². The molecular weight excluding hydrogens is 310 g/mol. The van der Waals surface area contributed by atoms with Crippen molar-refractivity contribution < 1.29 is 4.79 Å². The molecule has 1 unspecified atom stereocenters. The van der Waals surface area contributed by atoms with E-state index in [1.807, 2.05) is 18.7 Å². The molecule has 1 amide bonds. The van der Waals surface area contributed by atoms with Crippen LogP contribution in [0.3, 0.4) is 0 Å². The molecule has 1 saturated heterocycles. The second kappa shape index (κ2) is 6.18. The van der Waals surface area contributed by atoms with Crippen molar-refractivity contribution in [3.8, 4) is 0 Å². The SMILES string of the molecule is CCNc1ncnc(N2CCNC(=O)C2CC)c1Br. The lowest BCUT2D eigenvalue weighted by Crippen LogP contribution is -2.55. The monoisotopic (exact) mass is 327 g/mol. The van der Waals surface area contributed by atoms with Gasteiger partial charge in [-0.25, -0.2) is 9.97 Å². The Morgan fingerprint density at radius 1 is 1.53 bits per heavy atom. The molecule has 1 aromatic heterocycles. The van der Waals surface area contributed by atoms with Gasteiger partial charge in [-0.15, -0.1) is 0 Å². The van der Waals surface area contributed by atoms with Crippen molar-refractivity contribution in [2.24, 2.45) is 0 Å². The Morgan fingerprint density at radius 2 is 2.32 bits per heavy atom. The molecule has 0 aliphatic carbocycles. The van der Waals surface area contributed by atoms with Crippen molar-refractivity contribution in [2.45, 2.75) is 26.3 Å². The molecule has 0 spiro atoms. The Morgan fingerprint density at radius 3 is 3.00 bits per heavy atom. The van der Waals surface area contributed by atoms with E-state index in [1.165, 1.54) is 6.33 Å². The van der Waals surface area contributed by atoms with Crippen molar-refractivity contribution in [3.63, 3.8) is 0 Å². The Labute approximate surface area is 121 Å². The minimum atomic E-state index is -0.172. The number of hydrogen-bond acceptors (Lipinski definition) is 5. The molecule has 2 N–H and O–H groups in total. The fourth-order valence-corrected chi connectivity index (χ4v) is 2.80. The molecule has 0 aromatic carbocycles. The Balaban J connectivity index is 2.34. The summed E-state index contributed by atoms with van der Waals surface area (Å²) < 4.78 is 0.810. The zero-order valence-electron chi connectivity index (χ0n) is 11.1. The van der Waals surface area contributed by atoms with Gasteiger partial charge in [-0.1, -0.05) is 6.92 Å². The van der Waals surface area contributed by atoms with Crippen LogP contribution in [0.15, 0.2) is 10.8 Å². The van der Waals surface area contributed by atoms with Gasteiger partial charge in [-0.05, 0) is 29.3 Å². The molecule has 7 heteroatoms. The fourth-order valence-electron chi connectivity index (χ4n) is 2.23. The Bertz CT molecular complexity index is 467. The standard InChI is InChI=1S/C12H18BrN5O/c1-3-8-12(19)15-5-6-18(8)11-9(13)10(14-4-2)16-7-17-11/h7-8H,3-6H2,1-2H3,(H,15,19)(H,14,16,17). The molecule has 1 aromatic rings. The van der Waals surface area contributed by atoms with Crippen molar-refractivity contribution in [2.75, 3.05) is 29.9 Å². The van der Waals surface area contributed by atoms with E-state index < -0.39 is 0 Å². The summed E-state index contributed by atoms with van der Waals surface area (Å²) >= 11 is 3.53. The molecule has 104 valence electrons. The van der Waals surface area contributed by atoms with Crippen LogP contribution in [0.5, 0.6) is 0 Å². The van der Waals surface area contributed by atoms with Crippen LogP contribution in [0.4, 0.5) is 11.6 Å². The second-order valence-corrected chi connectivity index (χ2v) is 5.09. The summed E-state index contributed by atoms with van der Waals surface area (Å²) in [6.07, 6.45) is 2.27. The first-order valence-electron chi connectivity index (χ1n) is 6.47. The van der Waals surface area contributed by atoms with Crippen LogP contribution in [0, 0.1) is 0 Å². The zero-order chi connectivity index (χ0) is 13.8. The molecule has 2 heterocycles. The highest BCUT2D eigenvalue weighted by Crippen LogP contribution is 2.31. The quantitative estimate of drug-likeness (QED) is 0.874. The maximum atomic E-state index is 11.9. The van der Waals surface area contributed by atoms with E-state index in [2.05, 4.69) is 36.5 Å². The maximum Gasteiger partial charge on any atom is 0.242 e. The number of halogens is 1. The van der Waals surface area contributed by atoms with Gasteiger partial charge in [0, 0.05) is 19.6 Å². The molecule has 1 atom stereocenters. The fraction of sp³-hybridized carbons (Fsp3) is 0.583. The highest BCUT2D eigenvalue weighted by atomic mass is 79.9. The van der Waals surface area contributed by atoms with Crippen molar-refractivity contribution in [3.05, 3.63) is 10.8 Å². The summed E-state index contributed by atoms with van der Waals surface area (Å²) in [4.78, 5) is 22.5. The van der Waals surface area contributed by atoms with Crippen molar-refractivity contribution in [1.29, 1.82) is 0 Å². The van der Waals surface area contributed by atoms with Gasteiger partial charge in [0.2, 0.25) is 5.91 Å². The minimum absolute atomic E-state index is 0.0595. The molecule has 6 nitrogen and oxygen atoms in total. The lowest BCUT2D eigenvalue weighted by atomic mass is 10.1. The van der Waals surface area contributed by atoms with Gasteiger partial charge in [-0.3, -0.25) is 4.79 Å². The van der Waals surface area contributed by atoms with E-state index in [-0.39, 0.29) is 11.9 Å². The van der Waals surface area contributed by atoms with E-state index in [9.17, 15) is 4.79 Å². The van der Waals surface area contributed by atoms with Crippen LogP contribution in [0.2, 0.25) is 0 Å². The normalized spacial score (nSPS) is 19.2. The molecule has 0 bridgehead atoms. The van der Waals surface area contributed by atoms with Crippen LogP contribution in [0.1, 0.15) is 20.3 Å². The van der Waals surface area contributed by atoms with Crippen LogP contribution in [-0.4, -0.2) is 41.6 Å². The van der Waals surface area contributed by atoms with Gasteiger partial charge in [0.25, 0.3) is 0 Å². The number of carbonyl (C=O) groups excluding carboxylic acids is 1. The average Bonchev–Trinajstić information content (AvgIpc) is 2.41. The summed E-state index contributed by atoms with van der Waals surface area (Å²) in [7, 11) is 0. The lowest BCUT2D eigenvalue weighted by molar-refractivity contribution is -0.123. The molecule has 0 radical (unpaired) electrons. The van der Waals surface area contributed by atoms with Crippen molar-refractivity contribution in [1.82, 2.24) is 15.3 Å². The van der Waals surface area contributed by atoms with Crippen LogP contribution < -0.4 is 15.5 Å². The Kier molecular flexibility index (Phi) is 4.57. The summed E-state index contributed by atoms with van der Waals surface area (Å²) in [5.41, 5.74) is 0. The largest absolute Gasteiger partial charge is 0.369 e. The summed E-state index contributed by atoms with van der Waals surface area (Å²) in [5.74, 6) is 1.59. The van der Waals surface area contributed by atoms with Gasteiger partial charge in [0.15, 0.2) is 0 Å². The number of nitrogens with zero attached hydrogens (tertiary/aromatic N) is 3. The van der Waals surface area contributed by atoms with Crippen LogP contribution in [0.25, 0.3) is 0 Å². The highest BCUT2D eigenvalue weighted by molar-refractivity contribution is 9.10. The number of amides is 1. The smallest absolute Gasteiger partial charge is 0.242 e. The third kappa shape index (κ3) is 2.80. The molecule has 19 heavy (non-hydrogen) atoms. The number of piperazine rings is 1. The lowest BCUT2D eigenvalue weighted by Gasteiger charge is -2.35. The number of anilines is 2. The van der Waals surface area contributed by atoms with Gasteiger partial charge >= 0.3 is 0 Å². The average molecular weight is 328 g/mol. The third-order valence-electron chi connectivity index (χ3n) is 3.10. The Hall–Kier alpha value is -1.37.